The molecule has 0 spiro atoms. The summed E-state index contributed by atoms with van der Waals surface area (Å²) in [5, 5.41) is 0. The van der Waals surface area contributed by atoms with Gasteiger partial charge in [-0.1, -0.05) is 13.3 Å². The maximum Gasteiger partial charge on any atom is 0.142 e. The fraction of sp³-hybridized carbons (Fsp3) is 0.833. The largest absolute Gasteiger partial charge is 0.299 e. The summed E-state index contributed by atoms with van der Waals surface area (Å²) >= 11 is 3.84. The Morgan fingerprint density at radius 2 is 2.25 bits per heavy atom. The van der Waals surface area contributed by atoms with Crippen molar-refractivity contribution in [1.29, 1.82) is 0 Å². The Bertz CT molecular complexity index is 70.9. The zero-order chi connectivity index (χ0) is 6.41. The van der Waals surface area contributed by atoms with Crippen LogP contribution in [0.3, 0.4) is 0 Å². The average Bonchev–Trinajstić information content (AvgIpc) is 1.83. The molecule has 2 heteroatoms. The highest BCUT2D eigenvalue weighted by atomic mass is 32.1. The van der Waals surface area contributed by atoms with Gasteiger partial charge >= 0.3 is 0 Å². The van der Waals surface area contributed by atoms with E-state index in [1.807, 2.05) is 0 Å². The summed E-state index contributed by atoms with van der Waals surface area (Å²) in [5.41, 5.74) is 0. The number of carbonyl (C=O) groups is 1. The van der Waals surface area contributed by atoms with Crippen molar-refractivity contribution < 1.29 is 4.79 Å². The summed E-state index contributed by atoms with van der Waals surface area (Å²) in [5.74, 6) is 0.662. The van der Waals surface area contributed by atoms with E-state index in [1.165, 1.54) is 0 Å². The molecule has 0 amide bonds. The van der Waals surface area contributed by atoms with Crippen molar-refractivity contribution in [2.45, 2.75) is 26.2 Å². The van der Waals surface area contributed by atoms with Gasteiger partial charge in [0.1, 0.15) is 5.78 Å². The first-order chi connectivity index (χ1) is 3.81. The van der Waals surface area contributed by atoms with Gasteiger partial charge in [-0.05, 0) is 6.42 Å². The molecule has 0 saturated heterocycles. The topological polar surface area (TPSA) is 17.1 Å². The number of rotatable bonds is 4. The van der Waals surface area contributed by atoms with Crippen LogP contribution in [0.25, 0.3) is 0 Å². The van der Waals surface area contributed by atoms with E-state index in [2.05, 4.69) is 19.6 Å². The lowest BCUT2D eigenvalue weighted by atomic mass is 10.2. The minimum atomic E-state index is 0.259. The van der Waals surface area contributed by atoms with Crippen molar-refractivity contribution in [3.8, 4) is 0 Å². The Hall–Kier alpha value is 0.0200. The molecule has 48 valence electrons. The highest BCUT2D eigenvalue weighted by molar-refractivity contribution is 7.81. The van der Waals surface area contributed by atoms with E-state index in [-0.39, 0.29) is 5.78 Å². The minimum Gasteiger partial charge on any atom is -0.299 e. The summed E-state index contributed by atoms with van der Waals surface area (Å²) < 4.78 is 0. The average molecular weight is 132 g/mol. The molecule has 0 saturated carbocycles. The van der Waals surface area contributed by atoms with Gasteiger partial charge in [0, 0.05) is 12.2 Å². The molecule has 0 aliphatic heterocycles. The SMILES string of the molecule is CCCCC(=O)CS. The molecular weight excluding hydrogens is 120 g/mol. The number of Topliss-reactive ketones (excluding diaryl/α,β-unsaturated/α-hetero) is 1. The van der Waals surface area contributed by atoms with Crippen LogP contribution in [-0.2, 0) is 4.79 Å². The number of carbonyl (C=O) groups excluding carboxylic acids is 1. The summed E-state index contributed by atoms with van der Waals surface area (Å²) in [6, 6.07) is 0. The normalized spacial score (nSPS) is 9.25. The fourth-order valence-electron chi connectivity index (χ4n) is 0.453. The molecular formula is C6H12OS. The molecule has 1 nitrogen and oxygen atoms in total. The van der Waals surface area contributed by atoms with E-state index in [1.54, 1.807) is 0 Å². The van der Waals surface area contributed by atoms with Crippen LogP contribution < -0.4 is 0 Å². The first-order valence-corrected chi connectivity index (χ1v) is 3.57. The lowest BCUT2D eigenvalue weighted by Crippen LogP contribution is -1.97. The number of unbranched alkanes of at least 4 members (excludes halogenated alkanes) is 1. The number of hydrogen-bond acceptors (Lipinski definition) is 2. The van der Waals surface area contributed by atoms with Gasteiger partial charge in [-0.3, -0.25) is 4.79 Å². The van der Waals surface area contributed by atoms with Crippen LogP contribution in [0.5, 0.6) is 0 Å². The van der Waals surface area contributed by atoms with Crippen molar-refractivity contribution >= 4 is 18.4 Å². The number of ketones is 1. The summed E-state index contributed by atoms with van der Waals surface area (Å²) in [4.78, 5) is 10.5. The predicted molar refractivity (Wildman–Crippen MR) is 38.4 cm³/mol. The van der Waals surface area contributed by atoms with Crippen molar-refractivity contribution in [2.75, 3.05) is 5.75 Å². The van der Waals surface area contributed by atoms with Gasteiger partial charge in [0.15, 0.2) is 0 Å². The van der Waals surface area contributed by atoms with Crippen molar-refractivity contribution in [3.63, 3.8) is 0 Å². The quantitative estimate of drug-likeness (QED) is 0.576. The van der Waals surface area contributed by atoms with Crippen molar-refractivity contribution in [2.24, 2.45) is 0 Å². The maximum absolute atomic E-state index is 10.5. The smallest absolute Gasteiger partial charge is 0.142 e. The van der Waals surface area contributed by atoms with Gasteiger partial charge in [-0.15, -0.1) is 0 Å². The van der Waals surface area contributed by atoms with Crippen LogP contribution in [0.15, 0.2) is 0 Å². The van der Waals surface area contributed by atoms with Gasteiger partial charge in [0.2, 0.25) is 0 Å². The predicted octanol–water partition coefficient (Wildman–Crippen LogP) is 1.68. The molecule has 0 aromatic heterocycles. The Kier molecular flexibility index (Phi) is 5.18. The first kappa shape index (κ1) is 8.02. The molecule has 0 aromatic rings. The molecule has 0 unspecified atom stereocenters. The maximum atomic E-state index is 10.5. The zero-order valence-corrected chi connectivity index (χ0v) is 6.08. The summed E-state index contributed by atoms with van der Waals surface area (Å²) in [6.07, 6.45) is 2.82. The van der Waals surface area contributed by atoms with Crippen LogP contribution >= 0.6 is 12.6 Å². The van der Waals surface area contributed by atoms with Crippen LogP contribution in [-0.4, -0.2) is 11.5 Å². The third-order valence-electron chi connectivity index (χ3n) is 0.986. The molecule has 0 radical (unpaired) electrons. The molecule has 8 heavy (non-hydrogen) atoms. The molecule has 0 fully saturated rings. The molecule has 0 heterocycles. The molecule has 0 aliphatic rings. The van der Waals surface area contributed by atoms with Gasteiger partial charge in [-0.25, -0.2) is 0 Å². The highest BCUT2D eigenvalue weighted by Gasteiger charge is 1.94. The number of thiol groups is 1. The molecule has 0 atom stereocenters. The van der Waals surface area contributed by atoms with Crippen LogP contribution in [0.1, 0.15) is 26.2 Å². The third-order valence-corrected chi connectivity index (χ3v) is 1.34. The Morgan fingerprint density at radius 3 is 2.62 bits per heavy atom. The highest BCUT2D eigenvalue weighted by Crippen LogP contribution is 1.95. The van der Waals surface area contributed by atoms with Crippen molar-refractivity contribution in [1.82, 2.24) is 0 Å². The third kappa shape index (κ3) is 4.19. The Morgan fingerprint density at radius 1 is 1.62 bits per heavy atom. The molecule has 0 rings (SSSR count). The van der Waals surface area contributed by atoms with Crippen molar-refractivity contribution in [3.05, 3.63) is 0 Å². The van der Waals surface area contributed by atoms with Gasteiger partial charge in [-0.2, -0.15) is 12.6 Å². The number of hydrogen-bond donors (Lipinski definition) is 1. The van der Waals surface area contributed by atoms with E-state index in [9.17, 15) is 4.79 Å². The van der Waals surface area contributed by atoms with Crippen LogP contribution in [0, 0.1) is 0 Å². The van der Waals surface area contributed by atoms with E-state index < -0.39 is 0 Å². The second-order valence-electron chi connectivity index (χ2n) is 1.80. The molecule has 0 aromatic carbocycles. The lowest BCUT2D eigenvalue weighted by molar-refractivity contribution is -0.116. The molecule has 0 bridgehead atoms. The summed E-state index contributed by atoms with van der Waals surface area (Å²) in [7, 11) is 0. The Labute approximate surface area is 55.9 Å². The van der Waals surface area contributed by atoms with Crippen LogP contribution in [0.2, 0.25) is 0 Å². The molecule has 0 N–H and O–H groups in total. The van der Waals surface area contributed by atoms with E-state index >= 15 is 0 Å². The van der Waals surface area contributed by atoms with Gasteiger partial charge in [0.25, 0.3) is 0 Å². The zero-order valence-electron chi connectivity index (χ0n) is 5.18. The fourth-order valence-corrected chi connectivity index (χ4v) is 0.611. The standard InChI is InChI=1S/C6H12OS/c1-2-3-4-6(7)5-8/h8H,2-5H2,1H3. The van der Waals surface area contributed by atoms with Gasteiger partial charge in [0.05, 0.1) is 0 Å². The second kappa shape index (κ2) is 5.16. The van der Waals surface area contributed by atoms with Gasteiger partial charge < -0.3 is 0 Å². The lowest BCUT2D eigenvalue weighted by Gasteiger charge is -1.90. The first-order valence-electron chi connectivity index (χ1n) is 2.93. The Balaban J connectivity index is 2.99. The van der Waals surface area contributed by atoms with E-state index in [0.29, 0.717) is 12.2 Å². The minimum absolute atomic E-state index is 0.259. The molecule has 0 aliphatic carbocycles. The monoisotopic (exact) mass is 132 g/mol. The second-order valence-corrected chi connectivity index (χ2v) is 2.12. The van der Waals surface area contributed by atoms with E-state index in [0.717, 1.165) is 12.8 Å². The van der Waals surface area contributed by atoms with E-state index in [4.69, 9.17) is 0 Å². The summed E-state index contributed by atoms with van der Waals surface area (Å²) in [6.45, 7) is 2.08. The van der Waals surface area contributed by atoms with Crippen LogP contribution in [0.4, 0.5) is 0 Å².